The van der Waals surface area contributed by atoms with Crippen LogP contribution in [0.3, 0.4) is 0 Å². The second-order valence-corrected chi connectivity index (χ2v) is 9.61. The fraction of sp³-hybridized carbons (Fsp3) is 0.520. The van der Waals surface area contributed by atoms with Crippen molar-refractivity contribution in [3.05, 3.63) is 46.6 Å². The van der Waals surface area contributed by atoms with Crippen molar-refractivity contribution < 1.29 is 14.3 Å². The zero-order valence-electron chi connectivity index (χ0n) is 20.9. The number of primary amides is 1. The topological polar surface area (TPSA) is 129 Å². The molecule has 36 heavy (non-hydrogen) atoms. The maximum Gasteiger partial charge on any atom is 0.274 e. The monoisotopic (exact) mass is 495 g/mol. The van der Waals surface area contributed by atoms with Crippen LogP contribution in [0.25, 0.3) is 5.65 Å². The molecule has 11 nitrogen and oxygen atoms in total. The van der Waals surface area contributed by atoms with Gasteiger partial charge in [-0.15, -0.1) is 5.10 Å². The number of anilines is 3. The van der Waals surface area contributed by atoms with Crippen molar-refractivity contribution in [2.24, 2.45) is 5.73 Å². The molecule has 0 saturated heterocycles. The minimum Gasteiger partial charge on any atom is -0.381 e. The van der Waals surface area contributed by atoms with Crippen LogP contribution in [0.4, 0.5) is 17.2 Å². The Labute approximate surface area is 209 Å². The molecular formula is C25H33N7O4. The first kappa shape index (κ1) is 24.3. The van der Waals surface area contributed by atoms with E-state index >= 15 is 0 Å². The van der Waals surface area contributed by atoms with E-state index in [9.17, 15) is 9.59 Å². The van der Waals surface area contributed by atoms with Crippen molar-refractivity contribution in [1.82, 2.24) is 19.2 Å². The standard InChI is InChI=1S/C25H33N7O4/c1-30(18-10-11-21(18)36-3)19-13-22(29-32-20(23(26)33)14-27-24(19)32)28-17-5-4-12-31(25(17)34)15-6-8-16(35-2)9-7-15/h4-5,12-16,18,21H,6-11H2,1-3H3,(H2,26,33)(H,28,29)/t15?,16?,18-,21-/m0/s1. The van der Waals surface area contributed by atoms with Gasteiger partial charge in [-0.3, -0.25) is 9.59 Å². The molecule has 3 aromatic heterocycles. The van der Waals surface area contributed by atoms with E-state index in [1.807, 2.05) is 25.4 Å². The number of fused-ring (bicyclic) bond motifs is 1. The first-order valence-corrected chi connectivity index (χ1v) is 12.4. The molecule has 2 aliphatic rings. The minimum atomic E-state index is -0.632. The smallest absolute Gasteiger partial charge is 0.274 e. The number of ether oxygens (including phenoxy) is 2. The minimum absolute atomic E-state index is 0.111. The van der Waals surface area contributed by atoms with E-state index in [0.717, 1.165) is 44.2 Å². The SMILES string of the molecule is COC1CCC(n2cccc(Nc3cc(N(C)[C@H]4CC[C@@H]4OC)c4ncc(C(N)=O)n4n3)c2=O)CC1. The molecule has 2 aliphatic carbocycles. The van der Waals surface area contributed by atoms with Crippen molar-refractivity contribution in [2.75, 3.05) is 31.5 Å². The van der Waals surface area contributed by atoms with Gasteiger partial charge in [-0.1, -0.05) is 0 Å². The molecule has 0 bridgehead atoms. The molecule has 0 spiro atoms. The van der Waals surface area contributed by atoms with E-state index in [0.29, 0.717) is 17.2 Å². The summed E-state index contributed by atoms with van der Waals surface area (Å²) in [7, 11) is 5.42. The number of hydrogen-bond donors (Lipinski definition) is 2. The summed E-state index contributed by atoms with van der Waals surface area (Å²) in [6.45, 7) is 0. The van der Waals surface area contributed by atoms with Gasteiger partial charge in [0, 0.05) is 39.6 Å². The molecule has 2 saturated carbocycles. The van der Waals surface area contributed by atoms with Crippen molar-refractivity contribution in [3.8, 4) is 0 Å². The lowest BCUT2D eigenvalue weighted by Gasteiger charge is -2.42. The van der Waals surface area contributed by atoms with Crippen LogP contribution in [-0.2, 0) is 9.47 Å². The molecule has 3 aromatic rings. The van der Waals surface area contributed by atoms with E-state index in [1.165, 1.54) is 10.7 Å². The third kappa shape index (κ3) is 4.33. The highest BCUT2D eigenvalue weighted by Gasteiger charge is 2.35. The number of carbonyl (C=O) groups excluding carboxylic acids is 1. The molecule has 0 radical (unpaired) electrons. The van der Waals surface area contributed by atoms with Gasteiger partial charge in [-0.05, 0) is 50.7 Å². The predicted molar refractivity (Wildman–Crippen MR) is 136 cm³/mol. The van der Waals surface area contributed by atoms with Crippen molar-refractivity contribution >= 4 is 28.7 Å². The average Bonchev–Trinajstić information content (AvgIpc) is 3.29. The van der Waals surface area contributed by atoms with Gasteiger partial charge in [-0.25, -0.2) is 9.50 Å². The summed E-state index contributed by atoms with van der Waals surface area (Å²) in [5.41, 5.74) is 7.32. The van der Waals surface area contributed by atoms with Crippen molar-refractivity contribution in [1.29, 1.82) is 0 Å². The molecular weight excluding hydrogens is 462 g/mol. The predicted octanol–water partition coefficient (Wildman–Crippen LogP) is 2.48. The number of hydrogen-bond acceptors (Lipinski definition) is 8. The highest BCUT2D eigenvalue weighted by molar-refractivity contribution is 5.92. The number of amides is 1. The Morgan fingerprint density at radius 1 is 1.17 bits per heavy atom. The largest absolute Gasteiger partial charge is 0.381 e. The molecule has 0 unspecified atom stereocenters. The van der Waals surface area contributed by atoms with E-state index in [1.54, 1.807) is 24.9 Å². The molecule has 0 aromatic carbocycles. The molecule has 11 heteroatoms. The number of imidazole rings is 1. The van der Waals surface area contributed by atoms with E-state index in [4.69, 9.17) is 15.2 Å². The fourth-order valence-electron chi connectivity index (χ4n) is 5.38. The molecule has 3 N–H and O–H groups in total. The van der Waals surface area contributed by atoms with Gasteiger partial charge in [-0.2, -0.15) is 0 Å². The quantitative estimate of drug-likeness (QED) is 0.488. The number of nitrogens with zero attached hydrogens (tertiary/aromatic N) is 5. The highest BCUT2D eigenvalue weighted by Crippen LogP contribution is 2.34. The molecule has 192 valence electrons. The summed E-state index contributed by atoms with van der Waals surface area (Å²) in [4.78, 5) is 32.0. The summed E-state index contributed by atoms with van der Waals surface area (Å²) in [5.74, 6) is -0.219. The summed E-state index contributed by atoms with van der Waals surface area (Å²) < 4.78 is 14.3. The Morgan fingerprint density at radius 3 is 2.58 bits per heavy atom. The van der Waals surface area contributed by atoms with Crippen LogP contribution in [-0.4, -0.2) is 64.6 Å². The lowest BCUT2D eigenvalue weighted by molar-refractivity contribution is 0.0196. The Balaban J connectivity index is 1.50. The lowest BCUT2D eigenvalue weighted by Crippen LogP contribution is -2.50. The molecule has 3 heterocycles. The summed E-state index contributed by atoms with van der Waals surface area (Å²) in [5, 5.41) is 7.75. The number of rotatable bonds is 8. The van der Waals surface area contributed by atoms with Gasteiger partial charge in [0.15, 0.2) is 11.5 Å². The Hall–Kier alpha value is -3.44. The second-order valence-electron chi connectivity index (χ2n) is 9.61. The van der Waals surface area contributed by atoms with Gasteiger partial charge in [0.1, 0.15) is 11.4 Å². The third-order valence-electron chi connectivity index (χ3n) is 7.66. The van der Waals surface area contributed by atoms with Gasteiger partial charge in [0.2, 0.25) is 0 Å². The second kappa shape index (κ2) is 9.90. The van der Waals surface area contributed by atoms with Crippen LogP contribution in [0, 0.1) is 0 Å². The number of carbonyl (C=O) groups is 1. The normalized spacial score (nSPS) is 23.9. The van der Waals surface area contributed by atoms with Crippen molar-refractivity contribution in [2.45, 2.75) is 62.8 Å². The van der Waals surface area contributed by atoms with E-state index < -0.39 is 5.91 Å². The lowest BCUT2D eigenvalue weighted by atomic mass is 9.87. The molecule has 5 rings (SSSR count). The highest BCUT2D eigenvalue weighted by atomic mass is 16.5. The van der Waals surface area contributed by atoms with Gasteiger partial charge < -0.3 is 30.0 Å². The average molecular weight is 496 g/mol. The van der Waals surface area contributed by atoms with Crippen LogP contribution in [0.1, 0.15) is 55.1 Å². The zero-order valence-corrected chi connectivity index (χ0v) is 20.9. The van der Waals surface area contributed by atoms with Crippen molar-refractivity contribution in [3.63, 3.8) is 0 Å². The number of pyridine rings is 1. The van der Waals surface area contributed by atoms with Gasteiger partial charge in [0.05, 0.1) is 30.1 Å². The summed E-state index contributed by atoms with van der Waals surface area (Å²) in [6.07, 6.45) is 9.22. The maximum absolute atomic E-state index is 13.4. The molecule has 1 amide bonds. The number of nitrogens with two attached hydrogens (primary N) is 1. The fourth-order valence-corrected chi connectivity index (χ4v) is 5.38. The Morgan fingerprint density at radius 2 is 1.94 bits per heavy atom. The van der Waals surface area contributed by atoms with Crippen LogP contribution >= 0.6 is 0 Å². The zero-order chi connectivity index (χ0) is 25.4. The molecule has 2 fully saturated rings. The van der Waals surface area contributed by atoms with Crippen LogP contribution in [0.5, 0.6) is 0 Å². The van der Waals surface area contributed by atoms with Crippen LogP contribution < -0.4 is 21.5 Å². The van der Waals surface area contributed by atoms with Crippen LogP contribution in [0.2, 0.25) is 0 Å². The van der Waals surface area contributed by atoms with Gasteiger partial charge >= 0.3 is 0 Å². The number of methoxy groups -OCH3 is 2. The number of nitrogens with one attached hydrogen (secondary N) is 1. The Bertz CT molecular complexity index is 1310. The summed E-state index contributed by atoms with van der Waals surface area (Å²) in [6, 6.07) is 5.74. The summed E-state index contributed by atoms with van der Waals surface area (Å²) >= 11 is 0. The van der Waals surface area contributed by atoms with E-state index in [-0.39, 0.29) is 35.5 Å². The third-order valence-corrected chi connectivity index (χ3v) is 7.66. The maximum atomic E-state index is 13.4. The number of aromatic nitrogens is 4. The number of likely N-dealkylation sites (N-methyl/N-ethyl adjacent to an activating group) is 1. The van der Waals surface area contributed by atoms with Gasteiger partial charge in [0.25, 0.3) is 11.5 Å². The van der Waals surface area contributed by atoms with E-state index in [2.05, 4.69) is 20.3 Å². The first-order valence-electron chi connectivity index (χ1n) is 12.4. The Kier molecular flexibility index (Phi) is 6.67. The van der Waals surface area contributed by atoms with Crippen LogP contribution in [0.15, 0.2) is 35.4 Å². The first-order chi connectivity index (χ1) is 17.4. The molecule has 0 aliphatic heterocycles. The molecule has 2 atom stereocenters.